The third kappa shape index (κ3) is 8.74. The highest BCUT2D eigenvalue weighted by atomic mass is 35.5. The van der Waals surface area contributed by atoms with Crippen LogP contribution >= 0.6 is 23.2 Å². The molecular weight excluding hydrogens is 667 g/mol. The Bertz CT molecular complexity index is 1710. The van der Waals surface area contributed by atoms with Gasteiger partial charge in [0.25, 0.3) is 15.7 Å². The second-order valence-electron chi connectivity index (χ2n) is 11.4. The first kappa shape index (κ1) is 36.0. The second-order valence-corrected chi connectivity index (χ2v) is 14.1. The van der Waals surface area contributed by atoms with Crippen LogP contribution in [0.1, 0.15) is 56.6 Å². The van der Waals surface area contributed by atoms with E-state index in [1.54, 1.807) is 19.1 Å². The minimum absolute atomic E-state index is 0.0186. The van der Waals surface area contributed by atoms with E-state index in [1.165, 1.54) is 61.4 Å². The van der Waals surface area contributed by atoms with Gasteiger partial charge in [0.15, 0.2) is 0 Å². The number of nitro groups is 1. The first-order valence-corrected chi connectivity index (χ1v) is 17.5. The van der Waals surface area contributed by atoms with Crippen LogP contribution in [-0.2, 0) is 26.2 Å². The summed E-state index contributed by atoms with van der Waals surface area (Å²) in [4.78, 5) is 40.1. The number of sulfonamides is 1. The zero-order chi connectivity index (χ0) is 34.3. The van der Waals surface area contributed by atoms with Crippen molar-refractivity contribution in [2.75, 3.05) is 18.0 Å². The second kappa shape index (κ2) is 15.8. The van der Waals surface area contributed by atoms with Crippen molar-refractivity contribution in [1.29, 1.82) is 0 Å². The van der Waals surface area contributed by atoms with Gasteiger partial charge < -0.3 is 15.0 Å². The number of amides is 2. The molecule has 0 spiro atoms. The molecule has 11 nitrogen and oxygen atoms in total. The summed E-state index contributed by atoms with van der Waals surface area (Å²) in [5.74, 6) is -0.568. The molecule has 47 heavy (non-hydrogen) atoms. The smallest absolute Gasteiger partial charge is 0.273 e. The quantitative estimate of drug-likeness (QED) is 0.155. The predicted molar refractivity (Wildman–Crippen MR) is 181 cm³/mol. The first-order chi connectivity index (χ1) is 22.3. The van der Waals surface area contributed by atoms with E-state index in [4.69, 9.17) is 27.9 Å². The Morgan fingerprint density at radius 2 is 1.72 bits per heavy atom. The van der Waals surface area contributed by atoms with Crippen molar-refractivity contribution in [2.24, 2.45) is 0 Å². The lowest BCUT2D eigenvalue weighted by molar-refractivity contribution is -0.385. The summed E-state index contributed by atoms with van der Waals surface area (Å²) in [6.45, 7) is 2.47. The highest BCUT2D eigenvalue weighted by molar-refractivity contribution is 7.92. The van der Waals surface area contributed by atoms with E-state index in [2.05, 4.69) is 5.32 Å². The Balaban J connectivity index is 1.77. The van der Waals surface area contributed by atoms with Gasteiger partial charge in [0.2, 0.25) is 11.8 Å². The van der Waals surface area contributed by atoms with Crippen molar-refractivity contribution in [2.45, 2.75) is 75.9 Å². The van der Waals surface area contributed by atoms with Gasteiger partial charge in [0, 0.05) is 34.3 Å². The molecule has 0 bridgehead atoms. The number of nitrogens with one attached hydrogen (secondary N) is 1. The zero-order valence-electron chi connectivity index (χ0n) is 26.4. The number of hydrogen-bond acceptors (Lipinski definition) is 7. The Morgan fingerprint density at radius 1 is 1.04 bits per heavy atom. The third-order valence-corrected chi connectivity index (χ3v) is 10.7. The van der Waals surface area contributed by atoms with Gasteiger partial charge in [-0.15, -0.1) is 0 Å². The average Bonchev–Trinajstić information content (AvgIpc) is 3.04. The van der Waals surface area contributed by atoms with Crippen molar-refractivity contribution < 1.29 is 27.7 Å². The van der Waals surface area contributed by atoms with Gasteiger partial charge in [-0.3, -0.25) is 24.0 Å². The molecule has 1 N–H and O–H groups in total. The number of nitrogens with zero attached hydrogens (tertiary/aromatic N) is 3. The van der Waals surface area contributed by atoms with Crippen molar-refractivity contribution in [3.8, 4) is 5.75 Å². The molecule has 0 saturated heterocycles. The number of nitro benzene ring substituents is 1. The fraction of sp³-hybridized carbons (Fsp3) is 0.394. The van der Waals surface area contributed by atoms with Crippen LogP contribution in [0.5, 0.6) is 5.75 Å². The van der Waals surface area contributed by atoms with Crippen molar-refractivity contribution in [1.82, 2.24) is 10.2 Å². The van der Waals surface area contributed by atoms with E-state index in [0.717, 1.165) is 42.5 Å². The van der Waals surface area contributed by atoms with Gasteiger partial charge in [-0.05, 0) is 74.2 Å². The molecule has 14 heteroatoms. The Hall–Kier alpha value is -3.87. The summed E-state index contributed by atoms with van der Waals surface area (Å²) in [6.07, 6.45) is 5.02. The summed E-state index contributed by atoms with van der Waals surface area (Å²) in [7, 11) is -3.08. The van der Waals surface area contributed by atoms with Crippen LogP contribution < -0.4 is 14.4 Å². The molecule has 1 saturated carbocycles. The summed E-state index contributed by atoms with van der Waals surface area (Å²) >= 11 is 12.6. The predicted octanol–water partition coefficient (Wildman–Crippen LogP) is 6.67. The molecular formula is C33H38Cl2N4O7S. The molecule has 3 aromatic carbocycles. The van der Waals surface area contributed by atoms with Crippen molar-refractivity contribution in [3.63, 3.8) is 0 Å². The average molecular weight is 706 g/mol. The number of methoxy groups -OCH3 is 1. The van der Waals surface area contributed by atoms with Gasteiger partial charge in [0.1, 0.15) is 18.3 Å². The van der Waals surface area contributed by atoms with Gasteiger partial charge in [-0.2, -0.15) is 0 Å². The van der Waals surface area contributed by atoms with E-state index in [0.29, 0.717) is 16.3 Å². The number of carbonyl (C=O) groups excluding carboxylic acids is 2. The lowest BCUT2D eigenvalue weighted by Crippen LogP contribution is -2.54. The summed E-state index contributed by atoms with van der Waals surface area (Å²) in [6, 6.07) is 13.4. The highest BCUT2D eigenvalue weighted by Crippen LogP contribution is 2.30. The van der Waals surface area contributed by atoms with Crippen LogP contribution in [0.2, 0.25) is 10.0 Å². The summed E-state index contributed by atoms with van der Waals surface area (Å²) in [5, 5.41) is 15.4. The Labute approximate surface area is 285 Å². The number of hydrogen-bond donors (Lipinski definition) is 1. The number of rotatable bonds is 13. The molecule has 0 aromatic heterocycles. The minimum atomic E-state index is -4.54. The van der Waals surface area contributed by atoms with Crippen LogP contribution in [0.4, 0.5) is 11.4 Å². The van der Waals surface area contributed by atoms with E-state index in [9.17, 15) is 28.1 Å². The van der Waals surface area contributed by atoms with Crippen molar-refractivity contribution >= 4 is 56.4 Å². The lowest BCUT2D eigenvalue weighted by atomic mass is 9.95. The number of carbonyl (C=O) groups is 2. The summed E-state index contributed by atoms with van der Waals surface area (Å²) < 4.78 is 34.5. The number of anilines is 1. The Morgan fingerprint density at radius 3 is 2.32 bits per heavy atom. The maximum absolute atomic E-state index is 14.4. The van der Waals surface area contributed by atoms with E-state index in [1.807, 2.05) is 0 Å². The van der Waals surface area contributed by atoms with Gasteiger partial charge >= 0.3 is 0 Å². The SMILES string of the molecule is CC[C@H](C(=O)NC1CCCCC1)N(Cc1ccc(Cl)cc1Cl)C(=O)CN(c1ccc(OC)cc1)S(=O)(=O)c1ccc(C)c([N+](=O)[O-])c1. The standard InChI is InChI=1S/C33H38Cl2N4O7S/c1-4-30(33(41)36-25-8-6-5-7-9-25)37(20-23-11-12-24(34)18-29(23)35)32(40)21-38(26-13-15-27(46-3)16-14-26)47(44,45)28-17-10-22(2)31(19-28)39(42)43/h10-19,25,30H,4-9,20-21H2,1-3H3,(H,36,41)/t30-/m1/s1. The van der Waals surface area contributed by atoms with Crippen LogP contribution in [-0.4, -0.2) is 55.8 Å². The molecule has 0 radical (unpaired) electrons. The molecule has 0 unspecified atom stereocenters. The van der Waals surface area contributed by atoms with Gasteiger partial charge in [-0.25, -0.2) is 8.42 Å². The fourth-order valence-electron chi connectivity index (χ4n) is 5.65. The monoisotopic (exact) mass is 704 g/mol. The number of halogens is 2. The van der Waals surface area contributed by atoms with Crippen molar-refractivity contribution in [3.05, 3.63) is 92.0 Å². The topological polar surface area (TPSA) is 139 Å². The van der Waals surface area contributed by atoms with E-state index < -0.39 is 33.4 Å². The Kier molecular flexibility index (Phi) is 12.1. The van der Waals surface area contributed by atoms with E-state index in [-0.39, 0.29) is 51.8 Å². The summed E-state index contributed by atoms with van der Waals surface area (Å²) in [5.41, 5.74) is 0.534. The maximum atomic E-state index is 14.4. The van der Waals surface area contributed by atoms with Gasteiger partial charge in [0.05, 0.1) is 22.6 Å². The number of benzene rings is 3. The zero-order valence-corrected chi connectivity index (χ0v) is 28.8. The molecule has 1 aliphatic carbocycles. The molecule has 0 aliphatic heterocycles. The molecule has 0 heterocycles. The molecule has 4 rings (SSSR count). The van der Waals surface area contributed by atoms with Crippen LogP contribution in [0, 0.1) is 17.0 Å². The molecule has 1 atom stereocenters. The third-order valence-electron chi connectivity index (χ3n) is 8.30. The normalized spacial score (nSPS) is 14.2. The van der Waals surface area contributed by atoms with Gasteiger partial charge in [-0.1, -0.05) is 61.5 Å². The number of aryl methyl sites for hydroxylation is 1. The highest BCUT2D eigenvalue weighted by Gasteiger charge is 2.35. The molecule has 252 valence electrons. The minimum Gasteiger partial charge on any atom is -0.497 e. The number of ether oxygens (including phenoxy) is 1. The lowest BCUT2D eigenvalue weighted by Gasteiger charge is -2.34. The molecule has 1 fully saturated rings. The molecule has 2 amide bonds. The van der Waals surface area contributed by atoms with E-state index >= 15 is 0 Å². The van der Waals surface area contributed by atoms with Crippen LogP contribution in [0.25, 0.3) is 0 Å². The fourth-order valence-corrected chi connectivity index (χ4v) is 7.55. The largest absolute Gasteiger partial charge is 0.497 e. The maximum Gasteiger partial charge on any atom is 0.273 e. The molecule has 1 aliphatic rings. The molecule has 3 aromatic rings. The van der Waals surface area contributed by atoms with Crippen LogP contribution in [0.3, 0.4) is 0 Å². The first-order valence-electron chi connectivity index (χ1n) is 15.3. The van der Waals surface area contributed by atoms with Crippen LogP contribution in [0.15, 0.2) is 65.6 Å².